The standard InChI is InChI=1S/C19H20BrNO3/c1-4-23-18-10-5-14(11-17(18)20)19(22)21-15-6-8-16(9-7-15)24-12-13(2)3/h5-11H,2,4,12H2,1,3H3,(H,21,22). The Kier molecular flexibility index (Phi) is 6.44. The van der Waals surface area contributed by atoms with E-state index in [2.05, 4.69) is 27.8 Å². The lowest BCUT2D eigenvalue weighted by molar-refractivity contribution is 0.102. The topological polar surface area (TPSA) is 47.6 Å². The average Bonchev–Trinajstić information content (AvgIpc) is 2.56. The summed E-state index contributed by atoms with van der Waals surface area (Å²) in [4.78, 5) is 12.3. The van der Waals surface area contributed by atoms with E-state index in [9.17, 15) is 4.79 Å². The van der Waals surface area contributed by atoms with E-state index in [1.54, 1.807) is 30.3 Å². The summed E-state index contributed by atoms with van der Waals surface area (Å²) in [6, 6.07) is 12.5. The molecule has 1 N–H and O–H groups in total. The van der Waals surface area contributed by atoms with Gasteiger partial charge in [0.25, 0.3) is 5.91 Å². The highest BCUT2D eigenvalue weighted by atomic mass is 79.9. The van der Waals surface area contributed by atoms with Crippen molar-refractivity contribution >= 4 is 27.5 Å². The predicted octanol–water partition coefficient (Wildman–Crippen LogP) is 5.06. The molecule has 0 aromatic heterocycles. The molecule has 0 aliphatic carbocycles. The van der Waals surface area contributed by atoms with E-state index in [-0.39, 0.29) is 5.91 Å². The van der Waals surface area contributed by atoms with Crippen molar-refractivity contribution in [3.63, 3.8) is 0 Å². The minimum Gasteiger partial charge on any atom is -0.493 e. The molecule has 2 rings (SSSR count). The van der Waals surface area contributed by atoms with E-state index in [4.69, 9.17) is 9.47 Å². The first-order chi connectivity index (χ1) is 11.5. The molecule has 126 valence electrons. The Balaban J connectivity index is 2.01. The lowest BCUT2D eigenvalue weighted by Gasteiger charge is -2.10. The first-order valence-electron chi connectivity index (χ1n) is 7.60. The Morgan fingerprint density at radius 2 is 1.88 bits per heavy atom. The van der Waals surface area contributed by atoms with Crippen molar-refractivity contribution in [1.82, 2.24) is 0 Å². The summed E-state index contributed by atoms with van der Waals surface area (Å²) in [7, 11) is 0. The number of nitrogens with one attached hydrogen (secondary N) is 1. The van der Waals surface area contributed by atoms with Crippen molar-refractivity contribution in [2.45, 2.75) is 13.8 Å². The van der Waals surface area contributed by atoms with Crippen LogP contribution in [0, 0.1) is 0 Å². The first kappa shape index (κ1) is 18.1. The molecule has 0 saturated heterocycles. The van der Waals surface area contributed by atoms with Crippen LogP contribution >= 0.6 is 15.9 Å². The molecule has 0 heterocycles. The minimum atomic E-state index is -0.186. The highest BCUT2D eigenvalue weighted by molar-refractivity contribution is 9.10. The molecule has 2 aromatic carbocycles. The van der Waals surface area contributed by atoms with Gasteiger partial charge < -0.3 is 14.8 Å². The summed E-state index contributed by atoms with van der Waals surface area (Å²) in [6.07, 6.45) is 0. The molecule has 0 radical (unpaired) electrons. The smallest absolute Gasteiger partial charge is 0.255 e. The monoisotopic (exact) mass is 389 g/mol. The second kappa shape index (κ2) is 8.55. The fourth-order valence-corrected chi connectivity index (χ4v) is 2.45. The van der Waals surface area contributed by atoms with Crippen molar-refractivity contribution in [2.75, 3.05) is 18.5 Å². The van der Waals surface area contributed by atoms with Gasteiger partial charge in [-0.3, -0.25) is 4.79 Å². The number of benzene rings is 2. The second-order valence-electron chi connectivity index (χ2n) is 5.30. The third-order valence-corrected chi connectivity index (χ3v) is 3.71. The van der Waals surface area contributed by atoms with Crippen LogP contribution in [-0.2, 0) is 0 Å². The van der Waals surface area contributed by atoms with Gasteiger partial charge in [-0.1, -0.05) is 6.58 Å². The van der Waals surface area contributed by atoms with Crippen LogP contribution in [0.2, 0.25) is 0 Å². The van der Waals surface area contributed by atoms with Gasteiger partial charge in [0, 0.05) is 11.3 Å². The molecule has 2 aromatic rings. The normalized spacial score (nSPS) is 10.1. The van der Waals surface area contributed by atoms with Crippen LogP contribution in [0.25, 0.3) is 0 Å². The Hall–Kier alpha value is -2.27. The van der Waals surface area contributed by atoms with Gasteiger partial charge in [-0.2, -0.15) is 0 Å². The molecule has 0 spiro atoms. The van der Waals surface area contributed by atoms with Gasteiger partial charge in [0.2, 0.25) is 0 Å². The molecule has 4 nitrogen and oxygen atoms in total. The van der Waals surface area contributed by atoms with Crippen LogP contribution in [0.15, 0.2) is 59.1 Å². The lowest BCUT2D eigenvalue weighted by Crippen LogP contribution is -2.12. The van der Waals surface area contributed by atoms with E-state index in [0.29, 0.717) is 30.2 Å². The molecule has 5 heteroatoms. The number of hydrogen-bond donors (Lipinski definition) is 1. The molecule has 0 saturated carbocycles. The predicted molar refractivity (Wildman–Crippen MR) is 100 cm³/mol. The molecule has 0 unspecified atom stereocenters. The summed E-state index contributed by atoms with van der Waals surface area (Å²) < 4.78 is 11.7. The molecule has 0 aliphatic rings. The lowest BCUT2D eigenvalue weighted by atomic mass is 10.2. The quantitative estimate of drug-likeness (QED) is 0.673. The van der Waals surface area contributed by atoms with Crippen LogP contribution in [0.3, 0.4) is 0 Å². The fraction of sp³-hybridized carbons (Fsp3) is 0.211. The summed E-state index contributed by atoms with van der Waals surface area (Å²) in [5.41, 5.74) is 2.20. The number of ether oxygens (including phenoxy) is 2. The van der Waals surface area contributed by atoms with E-state index >= 15 is 0 Å². The third kappa shape index (κ3) is 5.13. The Bertz CT molecular complexity index is 726. The highest BCUT2D eigenvalue weighted by Crippen LogP contribution is 2.26. The molecule has 24 heavy (non-hydrogen) atoms. The van der Waals surface area contributed by atoms with Crippen LogP contribution in [0.4, 0.5) is 5.69 Å². The number of rotatable bonds is 7. The van der Waals surface area contributed by atoms with Crippen molar-refractivity contribution in [2.24, 2.45) is 0 Å². The molecular weight excluding hydrogens is 370 g/mol. The van der Waals surface area contributed by atoms with Gasteiger partial charge in [-0.05, 0) is 77.8 Å². The van der Waals surface area contributed by atoms with Gasteiger partial charge in [0.1, 0.15) is 18.1 Å². The number of carbonyl (C=O) groups is 1. The van der Waals surface area contributed by atoms with Crippen LogP contribution < -0.4 is 14.8 Å². The van der Waals surface area contributed by atoms with Gasteiger partial charge in [-0.15, -0.1) is 0 Å². The summed E-state index contributed by atoms with van der Waals surface area (Å²) in [5.74, 6) is 1.27. The maximum atomic E-state index is 12.3. The van der Waals surface area contributed by atoms with E-state index in [1.165, 1.54) is 0 Å². The van der Waals surface area contributed by atoms with Crippen LogP contribution in [-0.4, -0.2) is 19.1 Å². The number of hydrogen-bond acceptors (Lipinski definition) is 3. The van der Waals surface area contributed by atoms with Gasteiger partial charge >= 0.3 is 0 Å². The molecule has 0 aliphatic heterocycles. The van der Waals surface area contributed by atoms with Crippen molar-refractivity contribution in [1.29, 1.82) is 0 Å². The number of amides is 1. The number of anilines is 1. The third-order valence-electron chi connectivity index (χ3n) is 3.09. The maximum Gasteiger partial charge on any atom is 0.255 e. The zero-order valence-electron chi connectivity index (χ0n) is 13.8. The SMILES string of the molecule is C=C(C)COc1ccc(NC(=O)c2ccc(OCC)c(Br)c2)cc1. The minimum absolute atomic E-state index is 0.186. The largest absolute Gasteiger partial charge is 0.493 e. The number of halogens is 1. The molecule has 1 amide bonds. The average molecular weight is 390 g/mol. The summed E-state index contributed by atoms with van der Waals surface area (Å²) in [5, 5.41) is 2.86. The molecular formula is C19H20BrNO3. The number of carbonyl (C=O) groups excluding carboxylic acids is 1. The Morgan fingerprint density at radius 1 is 1.17 bits per heavy atom. The van der Waals surface area contributed by atoms with E-state index in [0.717, 1.165) is 15.8 Å². The van der Waals surface area contributed by atoms with Crippen molar-refractivity contribution in [3.8, 4) is 11.5 Å². The van der Waals surface area contributed by atoms with Gasteiger partial charge in [-0.25, -0.2) is 0 Å². The maximum absolute atomic E-state index is 12.3. The first-order valence-corrected chi connectivity index (χ1v) is 8.40. The fourth-order valence-electron chi connectivity index (χ4n) is 1.96. The molecule has 0 bridgehead atoms. The second-order valence-corrected chi connectivity index (χ2v) is 6.16. The summed E-state index contributed by atoms with van der Waals surface area (Å²) in [6.45, 7) is 8.66. The van der Waals surface area contributed by atoms with E-state index in [1.807, 2.05) is 26.0 Å². The molecule has 0 fully saturated rings. The van der Waals surface area contributed by atoms with Gasteiger partial charge in [0.05, 0.1) is 11.1 Å². The van der Waals surface area contributed by atoms with Crippen molar-refractivity contribution < 1.29 is 14.3 Å². The van der Waals surface area contributed by atoms with Crippen LogP contribution in [0.1, 0.15) is 24.2 Å². The zero-order valence-corrected chi connectivity index (χ0v) is 15.4. The van der Waals surface area contributed by atoms with Crippen molar-refractivity contribution in [3.05, 3.63) is 64.7 Å². The summed E-state index contributed by atoms with van der Waals surface area (Å²) >= 11 is 3.41. The van der Waals surface area contributed by atoms with Crippen LogP contribution in [0.5, 0.6) is 11.5 Å². The van der Waals surface area contributed by atoms with Gasteiger partial charge in [0.15, 0.2) is 0 Å². The van der Waals surface area contributed by atoms with E-state index < -0.39 is 0 Å². The highest BCUT2D eigenvalue weighted by Gasteiger charge is 2.09. The Labute approximate surface area is 150 Å². The zero-order chi connectivity index (χ0) is 17.5. The molecule has 0 atom stereocenters. The Morgan fingerprint density at radius 3 is 2.46 bits per heavy atom.